The minimum Gasteiger partial charge on any atom is -0.456 e. The van der Waals surface area contributed by atoms with Gasteiger partial charge in [0.05, 0.1) is 0 Å². The summed E-state index contributed by atoms with van der Waals surface area (Å²) in [5, 5.41) is 0. The van der Waals surface area contributed by atoms with E-state index in [2.05, 4.69) is 13.8 Å². The van der Waals surface area contributed by atoms with E-state index in [0.717, 1.165) is 11.1 Å². The Morgan fingerprint density at radius 3 is 1.30 bits per heavy atom. The molecule has 0 amide bonds. The summed E-state index contributed by atoms with van der Waals surface area (Å²) >= 11 is 0. The van der Waals surface area contributed by atoms with Crippen LogP contribution in [0.1, 0.15) is 90.2 Å². The maximum Gasteiger partial charge on any atom is 0.449 e. The number of allylic oxidation sites excluding steroid dienone is 2. The first kappa shape index (κ1) is 44.6. The van der Waals surface area contributed by atoms with Gasteiger partial charge >= 0.3 is 12.4 Å². The van der Waals surface area contributed by atoms with Crippen LogP contribution in [0.2, 0.25) is 0 Å². The molecule has 10 nitrogen and oxygen atoms in total. The molecule has 2 spiro atoms. The van der Waals surface area contributed by atoms with E-state index in [-0.39, 0.29) is 74.1 Å². The Balaban J connectivity index is 1.02. The van der Waals surface area contributed by atoms with E-state index in [4.69, 9.17) is 38.5 Å². The first-order valence-corrected chi connectivity index (χ1v) is 23.0. The molecule has 350 valence electrons. The molecule has 8 fully saturated rings. The van der Waals surface area contributed by atoms with Crippen molar-refractivity contribution in [1.29, 1.82) is 0 Å². The van der Waals surface area contributed by atoms with Gasteiger partial charge in [0.25, 0.3) is 0 Å². The molecule has 12 rings (SSSR count). The third kappa shape index (κ3) is 7.69. The molecule has 10 aliphatic rings. The topological polar surface area (TPSA) is 80.3 Å². The molecule has 8 heterocycles. The van der Waals surface area contributed by atoms with Gasteiger partial charge in [0.15, 0.2) is 11.2 Å². The van der Waals surface area contributed by atoms with E-state index in [9.17, 15) is 0 Å². The second-order valence-corrected chi connectivity index (χ2v) is 20.0. The number of benzene rings is 2. The lowest BCUT2D eigenvalue weighted by Gasteiger charge is -2.58. The van der Waals surface area contributed by atoms with Crippen LogP contribution in [0.25, 0.3) is 0 Å². The zero-order chi connectivity index (χ0) is 44.9. The van der Waals surface area contributed by atoms with Crippen molar-refractivity contribution in [2.24, 2.45) is 35.5 Å². The lowest BCUT2D eigenvalue weighted by Crippen LogP contribution is -2.68. The summed E-state index contributed by atoms with van der Waals surface area (Å²) in [5.74, 6) is -6.27. The minimum absolute atomic E-state index is 0.0639. The first-order chi connectivity index (χ1) is 30.4. The Morgan fingerprint density at radius 2 is 0.922 bits per heavy atom. The second kappa shape index (κ2) is 16.2. The Labute approximate surface area is 369 Å². The van der Waals surface area contributed by atoms with Crippen LogP contribution in [-0.4, -0.2) is 83.7 Å². The van der Waals surface area contributed by atoms with E-state index >= 15 is 26.3 Å². The summed E-state index contributed by atoms with van der Waals surface area (Å²) in [6.45, 7) is 8.17. The molecule has 12 atom stereocenters. The van der Waals surface area contributed by atoms with Crippen molar-refractivity contribution in [1.82, 2.24) is 9.80 Å². The molecule has 2 unspecified atom stereocenters. The van der Waals surface area contributed by atoms with E-state index in [1.807, 2.05) is 70.5 Å². The highest BCUT2D eigenvalue weighted by Crippen LogP contribution is 2.63. The highest BCUT2D eigenvalue weighted by atomic mass is 19.4. The second-order valence-electron chi connectivity index (χ2n) is 20.0. The van der Waals surface area contributed by atoms with Gasteiger partial charge in [0.1, 0.15) is 0 Å². The number of alkyl halides is 6. The van der Waals surface area contributed by atoms with E-state index < -0.39 is 71.1 Å². The number of halogens is 6. The summed E-state index contributed by atoms with van der Waals surface area (Å²) in [6, 6.07) is 18.9. The summed E-state index contributed by atoms with van der Waals surface area (Å²) in [5.41, 5.74) is -0.737. The number of fused-ring (bicyclic) bond motifs is 4. The van der Waals surface area contributed by atoms with Crippen molar-refractivity contribution in [3.8, 4) is 0 Å². The van der Waals surface area contributed by atoms with Gasteiger partial charge in [-0.05, 0) is 86.5 Å². The molecule has 16 heteroatoms. The van der Waals surface area contributed by atoms with Crippen LogP contribution < -0.4 is 0 Å². The summed E-state index contributed by atoms with van der Waals surface area (Å²) in [4.78, 5) is 28.3. The molecule has 6 saturated heterocycles. The molecular formula is C48H58F6N2O8. The fourth-order valence-corrected chi connectivity index (χ4v) is 12.7. The standard InChI is InChI=1S/C48H58F6N2O8/c1-29-15-17-37-33(39(47(49,50)51)57-41-45(37)35(29)19-21-43(3,59-41)61-63-45)27-55(25-31-11-7-5-8-12-31)23-24-56(26-32-13-9-6-10-14-32)28-34-38-18-16-30(2)36-20-22-44(4)60-42(46(36,38)64-62-44)58-40(34)48(52,53)54/h5-14,29-30,35-38,41-42H,15-28H2,1-4H3/t29-,30-,35?,36?,37+,38+,41-,42-,43-,44+,45-,46-/m1/s1. The van der Waals surface area contributed by atoms with Gasteiger partial charge in [-0.3, -0.25) is 9.80 Å². The summed E-state index contributed by atoms with van der Waals surface area (Å²) in [7, 11) is 0. The first-order valence-electron chi connectivity index (χ1n) is 23.0. The zero-order valence-electron chi connectivity index (χ0n) is 36.7. The van der Waals surface area contributed by atoms with Crippen molar-refractivity contribution in [3.63, 3.8) is 0 Å². The predicted molar refractivity (Wildman–Crippen MR) is 217 cm³/mol. The maximum atomic E-state index is 15.4. The van der Waals surface area contributed by atoms with Crippen LogP contribution in [-0.2, 0) is 51.6 Å². The molecule has 2 saturated carbocycles. The van der Waals surface area contributed by atoms with Gasteiger partial charge in [0, 0.05) is 75.8 Å². The van der Waals surface area contributed by atoms with Crippen molar-refractivity contribution in [3.05, 3.63) is 94.5 Å². The maximum absolute atomic E-state index is 15.4. The fourth-order valence-electron chi connectivity index (χ4n) is 12.7. The van der Waals surface area contributed by atoms with Crippen LogP contribution in [0.15, 0.2) is 83.3 Å². The molecule has 0 radical (unpaired) electrons. The van der Waals surface area contributed by atoms with Gasteiger partial charge < -0.3 is 18.9 Å². The Hall–Kier alpha value is -3.22. The summed E-state index contributed by atoms with van der Waals surface area (Å²) in [6.07, 6.45) is -8.01. The average Bonchev–Trinajstić information content (AvgIpc) is 3.63. The molecular weight excluding hydrogens is 847 g/mol. The van der Waals surface area contributed by atoms with E-state index in [1.165, 1.54) is 0 Å². The number of rotatable bonds is 11. The van der Waals surface area contributed by atoms with Gasteiger partial charge in [-0.25, -0.2) is 19.6 Å². The molecule has 0 aromatic heterocycles. The molecule has 4 bridgehead atoms. The average molecular weight is 905 g/mol. The van der Waals surface area contributed by atoms with Crippen LogP contribution >= 0.6 is 0 Å². The lowest BCUT2D eigenvalue weighted by molar-refractivity contribution is -0.557. The summed E-state index contributed by atoms with van der Waals surface area (Å²) < 4.78 is 117. The molecule has 8 aliphatic heterocycles. The Kier molecular flexibility index (Phi) is 11.3. The molecule has 0 N–H and O–H groups in total. The highest BCUT2D eigenvalue weighted by molar-refractivity contribution is 5.31. The highest BCUT2D eigenvalue weighted by Gasteiger charge is 2.72. The van der Waals surface area contributed by atoms with Crippen molar-refractivity contribution in [2.45, 2.75) is 140 Å². The number of hydrogen-bond acceptors (Lipinski definition) is 10. The molecule has 2 aromatic carbocycles. The molecule has 2 aromatic rings. The van der Waals surface area contributed by atoms with Crippen molar-refractivity contribution >= 4 is 0 Å². The van der Waals surface area contributed by atoms with Crippen molar-refractivity contribution in [2.75, 3.05) is 26.2 Å². The van der Waals surface area contributed by atoms with E-state index in [0.29, 0.717) is 51.4 Å². The normalized spacial score (nSPS) is 39.2. The van der Waals surface area contributed by atoms with Crippen LogP contribution in [0.3, 0.4) is 0 Å². The minimum atomic E-state index is -4.85. The van der Waals surface area contributed by atoms with Gasteiger partial charge in [-0.2, -0.15) is 26.3 Å². The largest absolute Gasteiger partial charge is 0.456 e. The number of hydrogen-bond donors (Lipinski definition) is 0. The monoisotopic (exact) mass is 904 g/mol. The molecule has 2 aliphatic carbocycles. The zero-order valence-corrected chi connectivity index (χ0v) is 36.7. The fraction of sp³-hybridized carbons (Fsp3) is 0.667. The Bertz CT molecular complexity index is 1960. The SMILES string of the molecule is C[C@@H]1CC[C@H]2C(CN(CCN(CC3=C(C(F)(F)F)O[C@@H]4O[C@]5(C)CCC6[C@H](C)CC[C@@H]3[C@]64OO5)Cc3ccccc3)Cc3ccccc3)=C(C(F)(F)F)O[C@@H]3O[C@@]4(C)CCC1[C@]32OO4. The van der Waals surface area contributed by atoms with Gasteiger partial charge in [0.2, 0.25) is 35.7 Å². The third-order valence-corrected chi connectivity index (χ3v) is 15.8. The number of nitrogens with zero attached hydrogens (tertiary/aromatic N) is 2. The number of ether oxygens (including phenoxy) is 4. The van der Waals surface area contributed by atoms with Crippen LogP contribution in [0, 0.1) is 35.5 Å². The quantitative estimate of drug-likeness (QED) is 0.161. The smallest absolute Gasteiger partial charge is 0.449 e. The van der Waals surface area contributed by atoms with E-state index in [1.54, 1.807) is 13.8 Å². The van der Waals surface area contributed by atoms with Gasteiger partial charge in [-0.1, -0.05) is 74.5 Å². The third-order valence-electron chi connectivity index (χ3n) is 15.8. The van der Waals surface area contributed by atoms with Crippen molar-refractivity contribution < 1.29 is 64.8 Å². The predicted octanol–water partition coefficient (Wildman–Crippen LogP) is 10.1. The Morgan fingerprint density at radius 1 is 0.531 bits per heavy atom. The van der Waals surface area contributed by atoms with Crippen LogP contribution in [0.5, 0.6) is 0 Å². The van der Waals surface area contributed by atoms with Gasteiger partial charge in [-0.15, -0.1) is 0 Å². The lowest BCUT2D eigenvalue weighted by atomic mass is 9.59. The van der Waals surface area contributed by atoms with Crippen LogP contribution in [0.4, 0.5) is 26.3 Å². The molecule has 64 heavy (non-hydrogen) atoms.